The molecule has 0 saturated carbocycles. The van der Waals surface area contributed by atoms with Crippen molar-refractivity contribution in [3.05, 3.63) is 34.2 Å². The fourth-order valence-electron chi connectivity index (χ4n) is 2.22. The first-order chi connectivity index (χ1) is 8.99. The minimum absolute atomic E-state index is 0.635. The Hall–Kier alpha value is -1.82. The van der Waals surface area contributed by atoms with Gasteiger partial charge >= 0.3 is 0 Å². The highest BCUT2D eigenvalue weighted by Gasteiger charge is 2.17. The Morgan fingerprint density at radius 2 is 2.05 bits per heavy atom. The molecule has 5 nitrogen and oxygen atoms in total. The molecule has 3 aromatic heterocycles. The second-order valence-corrected chi connectivity index (χ2v) is 5.56. The molecule has 0 spiro atoms. The van der Waals surface area contributed by atoms with E-state index < -0.39 is 0 Å². The number of imidazole rings is 1. The molecule has 3 aromatic rings. The maximum atomic E-state index is 6.23. The van der Waals surface area contributed by atoms with Gasteiger partial charge in [0.1, 0.15) is 17.2 Å². The molecule has 3 rings (SSSR count). The average Bonchev–Trinajstić information content (AvgIpc) is 2.83. The summed E-state index contributed by atoms with van der Waals surface area (Å²) in [4.78, 5) is 4.66. The number of aromatic nitrogens is 4. The summed E-state index contributed by atoms with van der Waals surface area (Å²) in [5.41, 5.74) is 11.0. The van der Waals surface area contributed by atoms with Crippen LogP contribution in [0.1, 0.15) is 11.3 Å². The molecule has 0 amide bonds. The van der Waals surface area contributed by atoms with E-state index in [1.165, 1.54) is 0 Å². The quantitative estimate of drug-likeness (QED) is 0.750. The van der Waals surface area contributed by atoms with E-state index in [1.54, 1.807) is 6.20 Å². The largest absolute Gasteiger partial charge is 0.383 e. The molecule has 0 aliphatic carbocycles. The summed E-state index contributed by atoms with van der Waals surface area (Å²) in [7, 11) is 1.91. The molecule has 0 aliphatic rings. The fourth-order valence-corrected chi connectivity index (χ4v) is 2.76. The van der Waals surface area contributed by atoms with Gasteiger partial charge in [-0.15, -0.1) is 0 Å². The summed E-state index contributed by atoms with van der Waals surface area (Å²) in [5.74, 6) is 0.635. The minimum atomic E-state index is 0.635. The van der Waals surface area contributed by atoms with E-state index in [0.717, 1.165) is 32.6 Å². The van der Waals surface area contributed by atoms with Crippen LogP contribution in [0.15, 0.2) is 22.9 Å². The Morgan fingerprint density at radius 3 is 2.68 bits per heavy atom. The van der Waals surface area contributed by atoms with Crippen molar-refractivity contribution in [2.75, 3.05) is 5.73 Å². The molecule has 6 heteroatoms. The lowest BCUT2D eigenvalue weighted by Crippen LogP contribution is -1.96. The van der Waals surface area contributed by atoms with E-state index in [9.17, 15) is 0 Å². The van der Waals surface area contributed by atoms with Gasteiger partial charge < -0.3 is 5.73 Å². The van der Waals surface area contributed by atoms with Crippen molar-refractivity contribution in [2.45, 2.75) is 13.8 Å². The third kappa shape index (κ3) is 1.74. The van der Waals surface area contributed by atoms with E-state index in [4.69, 9.17) is 5.73 Å². The van der Waals surface area contributed by atoms with Crippen molar-refractivity contribution >= 4 is 27.4 Å². The lowest BCUT2D eigenvalue weighted by Gasteiger charge is -2.01. The summed E-state index contributed by atoms with van der Waals surface area (Å²) in [5, 5.41) is 4.25. The molecule has 98 valence electrons. The third-order valence-electron chi connectivity index (χ3n) is 3.40. The number of nitrogens with zero attached hydrogens (tertiary/aromatic N) is 4. The Morgan fingerprint density at radius 1 is 1.32 bits per heavy atom. The summed E-state index contributed by atoms with van der Waals surface area (Å²) in [6.07, 6.45) is 3.73. The first-order valence-corrected chi connectivity index (χ1v) is 6.71. The van der Waals surface area contributed by atoms with Crippen LogP contribution in [0, 0.1) is 13.8 Å². The number of pyridine rings is 1. The summed E-state index contributed by atoms with van der Waals surface area (Å²) in [6, 6.07) is 2.03. The van der Waals surface area contributed by atoms with Crippen molar-refractivity contribution in [1.82, 2.24) is 19.2 Å². The third-order valence-corrected chi connectivity index (χ3v) is 3.83. The molecular formula is C13H14BrN5. The second-order valence-electron chi connectivity index (χ2n) is 4.65. The van der Waals surface area contributed by atoms with Crippen molar-refractivity contribution in [3.8, 4) is 11.3 Å². The van der Waals surface area contributed by atoms with Gasteiger partial charge in [0.25, 0.3) is 0 Å². The Balaban J connectivity index is 2.34. The van der Waals surface area contributed by atoms with Crippen molar-refractivity contribution in [2.24, 2.45) is 7.05 Å². The van der Waals surface area contributed by atoms with Gasteiger partial charge in [0.2, 0.25) is 0 Å². The smallest absolute Gasteiger partial charge is 0.142 e. The molecule has 0 saturated heterocycles. The standard InChI is InChI=1S/C13H14BrN5/c1-7-4-9(14)6-19-12(15)11(17-13(7)19)10-5-16-18(3)8(10)2/h4-6H,15H2,1-3H3. The Kier molecular flexibility index (Phi) is 2.63. The van der Waals surface area contributed by atoms with Crippen LogP contribution in [-0.4, -0.2) is 19.2 Å². The van der Waals surface area contributed by atoms with Crippen LogP contribution in [0.4, 0.5) is 5.82 Å². The number of anilines is 1. The highest BCUT2D eigenvalue weighted by molar-refractivity contribution is 9.10. The van der Waals surface area contributed by atoms with Gasteiger partial charge in [-0.25, -0.2) is 4.98 Å². The van der Waals surface area contributed by atoms with Crippen LogP contribution < -0.4 is 5.73 Å². The maximum Gasteiger partial charge on any atom is 0.142 e. The lowest BCUT2D eigenvalue weighted by atomic mass is 10.2. The van der Waals surface area contributed by atoms with Gasteiger partial charge in [-0.3, -0.25) is 9.08 Å². The van der Waals surface area contributed by atoms with Gasteiger partial charge in [-0.2, -0.15) is 5.10 Å². The van der Waals surface area contributed by atoms with Gasteiger partial charge in [0, 0.05) is 29.0 Å². The van der Waals surface area contributed by atoms with Crippen LogP contribution in [0.25, 0.3) is 16.9 Å². The molecule has 0 fully saturated rings. The normalized spacial score (nSPS) is 11.4. The zero-order valence-corrected chi connectivity index (χ0v) is 12.6. The predicted octanol–water partition coefficient (Wildman–Crippen LogP) is 2.70. The average molecular weight is 320 g/mol. The highest BCUT2D eigenvalue weighted by Crippen LogP contribution is 2.30. The van der Waals surface area contributed by atoms with Crippen molar-refractivity contribution in [3.63, 3.8) is 0 Å². The van der Waals surface area contributed by atoms with Gasteiger partial charge in [-0.05, 0) is 41.4 Å². The summed E-state index contributed by atoms with van der Waals surface area (Å²) >= 11 is 3.48. The van der Waals surface area contributed by atoms with E-state index in [2.05, 4.69) is 26.0 Å². The molecule has 0 radical (unpaired) electrons. The minimum Gasteiger partial charge on any atom is -0.383 e. The molecule has 0 unspecified atom stereocenters. The first kappa shape index (κ1) is 12.2. The topological polar surface area (TPSA) is 61.1 Å². The number of halogens is 1. The maximum absolute atomic E-state index is 6.23. The van der Waals surface area contributed by atoms with Crippen LogP contribution in [-0.2, 0) is 7.05 Å². The molecule has 0 aliphatic heterocycles. The molecule has 0 atom stereocenters. The molecular weight excluding hydrogens is 306 g/mol. The van der Waals surface area contributed by atoms with Gasteiger partial charge in [0.15, 0.2) is 0 Å². The van der Waals surface area contributed by atoms with Crippen LogP contribution in [0.5, 0.6) is 0 Å². The van der Waals surface area contributed by atoms with Crippen LogP contribution in [0.2, 0.25) is 0 Å². The number of hydrogen-bond acceptors (Lipinski definition) is 3. The SMILES string of the molecule is Cc1cc(Br)cn2c(N)c(-c3cnn(C)c3C)nc12. The zero-order valence-electron chi connectivity index (χ0n) is 11.0. The summed E-state index contributed by atoms with van der Waals surface area (Å²) < 4.78 is 4.71. The van der Waals surface area contributed by atoms with E-state index >= 15 is 0 Å². The number of rotatable bonds is 1. The van der Waals surface area contributed by atoms with Crippen LogP contribution in [0.3, 0.4) is 0 Å². The molecule has 2 N–H and O–H groups in total. The lowest BCUT2D eigenvalue weighted by molar-refractivity contribution is 0.740. The molecule has 3 heterocycles. The number of hydrogen-bond donors (Lipinski definition) is 1. The fraction of sp³-hybridized carbons (Fsp3) is 0.231. The Labute approximate surface area is 119 Å². The number of aryl methyl sites for hydroxylation is 2. The van der Waals surface area contributed by atoms with E-state index in [0.29, 0.717) is 5.82 Å². The number of nitrogen functional groups attached to an aromatic ring is 1. The van der Waals surface area contributed by atoms with E-state index in [-0.39, 0.29) is 0 Å². The number of nitrogens with two attached hydrogens (primary N) is 1. The van der Waals surface area contributed by atoms with Gasteiger partial charge in [0.05, 0.1) is 6.20 Å². The predicted molar refractivity (Wildman–Crippen MR) is 79.0 cm³/mol. The molecule has 0 bridgehead atoms. The first-order valence-electron chi connectivity index (χ1n) is 5.91. The second kappa shape index (κ2) is 4.09. The molecule has 19 heavy (non-hydrogen) atoms. The van der Waals surface area contributed by atoms with Crippen LogP contribution >= 0.6 is 15.9 Å². The highest BCUT2D eigenvalue weighted by atomic mass is 79.9. The molecule has 0 aromatic carbocycles. The Bertz CT molecular complexity index is 784. The monoisotopic (exact) mass is 319 g/mol. The van der Waals surface area contributed by atoms with Gasteiger partial charge in [-0.1, -0.05) is 0 Å². The van der Waals surface area contributed by atoms with E-state index in [1.807, 2.05) is 42.2 Å². The van der Waals surface area contributed by atoms with Crippen molar-refractivity contribution < 1.29 is 0 Å². The summed E-state index contributed by atoms with van der Waals surface area (Å²) in [6.45, 7) is 4.03. The zero-order chi connectivity index (χ0) is 13.7. The number of fused-ring (bicyclic) bond motifs is 1. The van der Waals surface area contributed by atoms with Crippen molar-refractivity contribution in [1.29, 1.82) is 0 Å².